The molecule has 44 heavy (non-hydrogen) atoms. The predicted molar refractivity (Wildman–Crippen MR) is 175 cm³/mol. The van der Waals surface area contributed by atoms with Crippen LogP contribution in [0.5, 0.6) is 0 Å². The molecule has 2 unspecified atom stereocenters. The molecule has 0 aliphatic carbocycles. The van der Waals surface area contributed by atoms with E-state index in [2.05, 4.69) is 4.90 Å². The van der Waals surface area contributed by atoms with Crippen LogP contribution in [0.2, 0.25) is 5.02 Å². The van der Waals surface area contributed by atoms with Gasteiger partial charge in [-0.2, -0.15) is 17.0 Å². The molecule has 2 aromatic carbocycles. The minimum absolute atomic E-state index is 0.0331. The number of anilines is 1. The molecule has 3 aliphatic heterocycles. The lowest BCUT2D eigenvalue weighted by Gasteiger charge is -2.35. The lowest BCUT2D eigenvalue weighted by atomic mass is 9.96. The van der Waals surface area contributed by atoms with E-state index >= 15 is 0 Å². The van der Waals surface area contributed by atoms with Gasteiger partial charge in [0.1, 0.15) is 0 Å². The molecule has 3 heterocycles. The maximum absolute atomic E-state index is 13.9. The van der Waals surface area contributed by atoms with Gasteiger partial charge in [-0.25, -0.2) is 0 Å². The second kappa shape index (κ2) is 13.5. The zero-order valence-corrected chi connectivity index (χ0v) is 28.2. The standard InChI is InChI=1S/C33H46ClN5O4S/c1-23-10-11-29(18-30(23)34)39(32(40)26-12-16-38(17-13-26)44(42,43)35(4)5)15-7-14-36-19-27-21-37(22-28(27)20-36)33(41)31-24(2)8-6-9-25(31)3/h6,8-11,18,26-28H,7,12-17,19-22H2,1-5H3. The van der Waals surface area contributed by atoms with Gasteiger partial charge in [-0.15, -0.1) is 0 Å². The normalized spacial score (nSPS) is 21.7. The van der Waals surface area contributed by atoms with Crippen LogP contribution in [-0.4, -0.2) is 105 Å². The lowest BCUT2D eigenvalue weighted by Crippen LogP contribution is -2.48. The van der Waals surface area contributed by atoms with E-state index in [0.29, 0.717) is 49.3 Å². The highest BCUT2D eigenvalue weighted by atomic mass is 35.5. The molecule has 0 aromatic heterocycles. The Bertz CT molecular complexity index is 1460. The average molecular weight is 644 g/mol. The molecule has 3 aliphatic rings. The van der Waals surface area contributed by atoms with E-state index in [0.717, 1.165) is 67.1 Å². The fourth-order valence-electron chi connectivity index (χ4n) is 7.10. The van der Waals surface area contributed by atoms with Crippen molar-refractivity contribution in [2.75, 3.05) is 71.4 Å². The fourth-order valence-corrected chi connectivity index (χ4v) is 8.41. The van der Waals surface area contributed by atoms with E-state index in [1.807, 2.05) is 67.0 Å². The van der Waals surface area contributed by atoms with Gasteiger partial charge in [-0.3, -0.25) is 9.59 Å². The van der Waals surface area contributed by atoms with Gasteiger partial charge in [0.25, 0.3) is 16.1 Å². The molecule has 2 amide bonds. The molecule has 0 spiro atoms. The topological polar surface area (TPSA) is 84.5 Å². The molecular weight excluding hydrogens is 598 g/mol. The molecule has 11 heteroatoms. The first kappa shape index (κ1) is 32.9. The van der Waals surface area contributed by atoms with Gasteiger partial charge in [-0.1, -0.05) is 35.9 Å². The van der Waals surface area contributed by atoms with Crippen molar-refractivity contribution in [1.29, 1.82) is 0 Å². The number of fused-ring (bicyclic) bond motifs is 1. The van der Waals surface area contributed by atoms with E-state index < -0.39 is 10.2 Å². The molecule has 0 saturated carbocycles. The Hall–Kier alpha value is -2.50. The van der Waals surface area contributed by atoms with Crippen LogP contribution in [0.25, 0.3) is 0 Å². The summed E-state index contributed by atoms with van der Waals surface area (Å²) in [5.41, 5.74) is 4.65. The quantitative estimate of drug-likeness (QED) is 0.409. The molecule has 240 valence electrons. The van der Waals surface area contributed by atoms with E-state index in [1.54, 1.807) is 0 Å². The van der Waals surface area contributed by atoms with Crippen molar-refractivity contribution in [3.05, 3.63) is 63.7 Å². The Kier molecular flexibility index (Phi) is 10.1. The zero-order valence-electron chi connectivity index (χ0n) is 26.6. The highest BCUT2D eigenvalue weighted by molar-refractivity contribution is 7.86. The number of nitrogens with zero attached hydrogens (tertiary/aromatic N) is 5. The summed E-state index contributed by atoms with van der Waals surface area (Å²) in [6.45, 7) is 11.6. The summed E-state index contributed by atoms with van der Waals surface area (Å²) in [6.07, 6.45) is 1.80. The zero-order chi connectivity index (χ0) is 31.8. The van der Waals surface area contributed by atoms with E-state index in [4.69, 9.17) is 11.6 Å². The van der Waals surface area contributed by atoms with Crippen molar-refractivity contribution in [2.24, 2.45) is 17.8 Å². The molecule has 3 fully saturated rings. The molecule has 2 atom stereocenters. The molecule has 0 radical (unpaired) electrons. The summed E-state index contributed by atoms with van der Waals surface area (Å²) in [6, 6.07) is 11.8. The van der Waals surface area contributed by atoms with Gasteiger partial charge < -0.3 is 14.7 Å². The molecule has 3 saturated heterocycles. The third-order valence-electron chi connectivity index (χ3n) is 9.72. The third kappa shape index (κ3) is 6.84. The molecular formula is C33H46ClN5O4S. The number of benzene rings is 2. The van der Waals surface area contributed by atoms with Crippen LogP contribution < -0.4 is 4.90 Å². The molecule has 0 bridgehead atoms. The Labute approximate surface area is 267 Å². The number of halogens is 1. The van der Waals surface area contributed by atoms with Crippen molar-refractivity contribution >= 4 is 39.3 Å². The SMILES string of the molecule is Cc1ccc(N(CCCN2CC3CN(C(=O)c4c(C)cccc4C)CC3C2)C(=O)C2CCN(S(=O)(=O)N(C)C)CC2)cc1Cl. The van der Waals surface area contributed by atoms with Gasteiger partial charge in [0.2, 0.25) is 5.91 Å². The van der Waals surface area contributed by atoms with E-state index in [1.165, 1.54) is 22.7 Å². The second-order valence-corrected chi connectivity index (χ2v) is 15.5. The average Bonchev–Trinajstić information content (AvgIpc) is 3.56. The first-order chi connectivity index (χ1) is 20.9. The Morgan fingerprint density at radius 2 is 1.52 bits per heavy atom. The van der Waals surface area contributed by atoms with Gasteiger partial charge in [0, 0.05) is 82.1 Å². The highest BCUT2D eigenvalue weighted by Gasteiger charge is 2.42. The molecule has 5 rings (SSSR count). The fraction of sp³-hybridized carbons (Fsp3) is 0.576. The maximum Gasteiger partial charge on any atom is 0.281 e. The largest absolute Gasteiger partial charge is 0.338 e. The summed E-state index contributed by atoms with van der Waals surface area (Å²) < 4.78 is 27.9. The van der Waals surface area contributed by atoms with Crippen molar-refractivity contribution < 1.29 is 18.0 Å². The minimum atomic E-state index is -3.49. The van der Waals surface area contributed by atoms with E-state index in [9.17, 15) is 18.0 Å². The van der Waals surface area contributed by atoms with E-state index in [-0.39, 0.29) is 17.7 Å². The Morgan fingerprint density at radius 1 is 0.909 bits per heavy atom. The molecule has 2 aromatic rings. The first-order valence-electron chi connectivity index (χ1n) is 15.7. The maximum atomic E-state index is 13.9. The van der Waals surface area contributed by atoms with Crippen LogP contribution in [0, 0.1) is 38.5 Å². The number of hydrogen-bond donors (Lipinski definition) is 0. The number of rotatable bonds is 9. The number of carbonyl (C=O) groups is 2. The summed E-state index contributed by atoms with van der Waals surface area (Å²) in [5.74, 6) is 0.889. The number of hydrogen-bond acceptors (Lipinski definition) is 5. The Morgan fingerprint density at radius 3 is 2.09 bits per heavy atom. The number of likely N-dealkylation sites (tertiary alicyclic amines) is 2. The van der Waals surface area contributed by atoms with Gasteiger partial charge >= 0.3 is 0 Å². The summed E-state index contributed by atoms with van der Waals surface area (Å²) in [4.78, 5) is 33.6. The summed E-state index contributed by atoms with van der Waals surface area (Å²) in [5, 5.41) is 0.625. The predicted octanol–water partition coefficient (Wildman–Crippen LogP) is 4.21. The molecule has 0 N–H and O–H groups in total. The van der Waals surface area contributed by atoms with Crippen molar-refractivity contribution in [3.63, 3.8) is 0 Å². The van der Waals surface area contributed by atoms with Gasteiger partial charge in [-0.05, 0) is 87.2 Å². The number of amides is 2. The van der Waals surface area contributed by atoms with Crippen LogP contribution in [-0.2, 0) is 15.0 Å². The first-order valence-corrected chi connectivity index (χ1v) is 17.5. The Balaban J connectivity index is 1.18. The van der Waals surface area contributed by atoms with Crippen LogP contribution in [0.15, 0.2) is 36.4 Å². The summed E-state index contributed by atoms with van der Waals surface area (Å²) >= 11 is 6.48. The van der Waals surface area contributed by atoms with Gasteiger partial charge in [0.05, 0.1) is 0 Å². The van der Waals surface area contributed by atoms with Crippen molar-refractivity contribution in [3.8, 4) is 0 Å². The number of carbonyl (C=O) groups excluding carboxylic acids is 2. The number of aryl methyl sites for hydroxylation is 3. The van der Waals surface area contributed by atoms with Gasteiger partial charge in [0.15, 0.2) is 0 Å². The van der Waals surface area contributed by atoms with Crippen LogP contribution in [0.4, 0.5) is 5.69 Å². The highest BCUT2D eigenvalue weighted by Crippen LogP contribution is 2.33. The second-order valence-electron chi connectivity index (χ2n) is 13.0. The van der Waals surface area contributed by atoms with Crippen LogP contribution >= 0.6 is 11.6 Å². The van der Waals surface area contributed by atoms with Crippen molar-refractivity contribution in [1.82, 2.24) is 18.4 Å². The van der Waals surface area contributed by atoms with Crippen molar-refractivity contribution in [2.45, 2.75) is 40.0 Å². The smallest absolute Gasteiger partial charge is 0.281 e. The monoisotopic (exact) mass is 643 g/mol. The number of piperidine rings is 1. The van der Waals surface area contributed by atoms with Crippen LogP contribution in [0.1, 0.15) is 46.3 Å². The van der Waals surface area contributed by atoms with Crippen LogP contribution in [0.3, 0.4) is 0 Å². The third-order valence-corrected chi connectivity index (χ3v) is 12.1. The lowest BCUT2D eigenvalue weighted by molar-refractivity contribution is -0.123. The summed E-state index contributed by atoms with van der Waals surface area (Å²) in [7, 11) is -0.426. The molecule has 9 nitrogen and oxygen atoms in total. The minimum Gasteiger partial charge on any atom is -0.338 e.